The number of nitrogens with one attached hydrogen (secondary N) is 1. The molecule has 0 amide bonds. The van der Waals surface area contributed by atoms with Gasteiger partial charge in [-0.1, -0.05) is 0 Å². The molecule has 6 nitrogen and oxygen atoms in total. The van der Waals surface area contributed by atoms with Crippen LogP contribution in [-0.4, -0.2) is 26.2 Å². The summed E-state index contributed by atoms with van der Waals surface area (Å²) in [4.78, 5) is 10.2. The minimum absolute atomic E-state index is 0.124. The van der Waals surface area contributed by atoms with Crippen LogP contribution in [0.2, 0.25) is 0 Å². The molecule has 0 aromatic heterocycles. The zero-order valence-electron chi connectivity index (χ0n) is 8.73. The number of benzene rings is 1. The summed E-state index contributed by atoms with van der Waals surface area (Å²) < 4.78 is 9.93. The topological polar surface area (TPSA) is 73.6 Å². The normalized spacial score (nSPS) is 9.53. The Morgan fingerprint density at radius 2 is 2.00 bits per heavy atom. The molecule has 1 rings (SSSR count). The Labute approximate surface area is 87.0 Å². The summed E-state index contributed by atoms with van der Waals surface area (Å²) in [5.74, 6) is 0.456. The van der Waals surface area contributed by atoms with Crippen molar-refractivity contribution in [2.45, 2.75) is 0 Å². The van der Waals surface area contributed by atoms with Crippen molar-refractivity contribution in [3.63, 3.8) is 0 Å². The molecule has 0 saturated carbocycles. The first kappa shape index (κ1) is 11.1. The maximum atomic E-state index is 10.8. The Balaban J connectivity index is 3.39. The van der Waals surface area contributed by atoms with Crippen LogP contribution in [0, 0.1) is 10.1 Å². The van der Waals surface area contributed by atoms with Gasteiger partial charge in [0.15, 0.2) is 5.75 Å². The van der Waals surface area contributed by atoms with E-state index in [1.165, 1.54) is 20.3 Å². The summed E-state index contributed by atoms with van der Waals surface area (Å²) in [5.41, 5.74) is 0.473. The second-order valence-corrected chi connectivity index (χ2v) is 2.74. The van der Waals surface area contributed by atoms with Crippen LogP contribution in [0.25, 0.3) is 0 Å². The fraction of sp³-hybridized carbons (Fsp3) is 0.333. The first-order valence-corrected chi connectivity index (χ1v) is 4.22. The molecule has 1 N–H and O–H groups in total. The number of nitro groups is 1. The average Bonchev–Trinajstić information content (AvgIpc) is 2.26. The molecule has 82 valence electrons. The highest BCUT2D eigenvalue weighted by Gasteiger charge is 2.20. The molecule has 0 spiro atoms. The first-order chi connectivity index (χ1) is 7.13. The zero-order chi connectivity index (χ0) is 11.4. The third-order valence-corrected chi connectivity index (χ3v) is 1.94. The Hall–Kier alpha value is -1.98. The third-order valence-electron chi connectivity index (χ3n) is 1.94. The minimum Gasteiger partial charge on any atom is -0.493 e. The third kappa shape index (κ3) is 2.09. The second-order valence-electron chi connectivity index (χ2n) is 2.74. The average molecular weight is 212 g/mol. The van der Waals surface area contributed by atoms with Gasteiger partial charge in [-0.05, 0) is 0 Å². The number of hydrogen-bond donors (Lipinski definition) is 1. The fourth-order valence-corrected chi connectivity index (χ4v) is 1.22. The van der Waals surface area contributed by atoms with Crippen LogP contribution in [0.15, 0.2) is 12.1 Å². The maximum absolute atomic E-state index is 10.8. The summed E-state index contributed by atoms with van der Waals surface area (Å²) in [5, 5.41) is 13.6. The lowest BCUT2D eigenvalue weighted by Gasteiger charge is -2.09. The monoisotopic (exact) mass is 212 g/mol. The van der Waals surface area contributed by atoms with Crippen LogP contribution in [0.4, 0.5) is 11.4 Å². The van der Waals surface area contributed by atoms with Gasteiger partial charge in [-0.25, -0.2) is 0 Å². The van der Waals surface area contributed by atoms with Crippen LogP contribution >= 0.6 is 0 Å². The van der Waals surface area contributed by atoms with Gasteiger partial charge in [-0.2, -0.15) is 0 Å². The van der Waals surface area contributed by atoms with Crippen LogP contribution in [-0.2, 0) is 0 Å². The summed E-state index contributed by atoms with van der Waals surface area (Å²) >= 11 is 0. The fourth-order valence-electron chi connectivity index (χ4n) is 1.22. The van der Waals surface area contributed by atoms with Gasteiger partial charge in [0, 0.05) is 24.9 Å². The summed E-state index contributed by atoms with van der Waals surface area (Å²) in [6.07, 6.45) is 0. The van der Waals surface area contributed by atoms with Crippen LogP contribution in [0.1, 0.15) is 0 Å². The Bertz CT molecular complexity index is 379. The van der Waals surface area contributed by atoms with Crippen molar-refractivity contribution in [1.82, 2.24) is 0 Å². The molecule has 15 heavy (non-hydrogen) atoms. The van der Waals surface area contributed by atoms with E-state index in [-0.39, 0.29) is 11.4 Å². The van der Waals surface area contributed by atoms with Crippen LogP contribution < -0.4 is 14.8 Å². The van der Waals surface area contributed by atoms with E-state index in [9.17, 15) is 10.1 Å². The van der Waals surface area contributed by atoms with Crippen molar-refractivity contribution in [1.29, 1.82) is 0 Å². The van der Waals surface area contributed by atoms with E-state index in [2.05, 4.69) is 5.32 Å². The summed E-state index contributed by atoms with van der Waals surface area (Å²) in [6.45, 7) is 0. The minimum atomic E-state index is -0.512. The molecule has 6 heteroatoms. The van der Waals surface area contributed by atoms with E-state index < -0.39 is 4.92 Å². The van der Waals surface area contributed by atoms with Gasteiger partial charge in [0.1, 0.15) is 0 Å². The molecule has 0 atom stereocenters. The van der Waals surface area contributed by atoms with Crippen molar-refractivity contribution in [2.24, 2.45) is 0 Å². The van der Waals surface area contributed by atoms with Crippen molar-refractivity contribution in [3.8, 4) is 11.5 Å². The summed E-state index contributed by atoms with van der Waals surface area (Å²) in [6, 6.07) is 3.02. The summed E-state index contributed by atoms with van der Waals surface area (Å²) in [7, 11) is 4.47. The molecule has 1 aromatic carbocycles. The van der Waals surface area contributed by atoms with E-state index in [0.29, 0.717) is 11.4 Å². The highest BCUT2D eigenvalue weighted by atomic mass is 16.6. The number of rotatable bonds is 4. The SMILES string of the molecule is CNc1cc(OC)c(OC)c([N+](=O)[O-])c1. The number of ether oxygens (including phenoxy) is 2. The van der Waals surface area contributed by atoms with Crippen LogP contribution in [0.3, 0.4) is 0 Å². The predicted octanol–water partition coefficient (Wildman–Crippen LogP) is 1.65. The number of anilines is 1. The van der Waals surface area contributed by atoms with Crippen molar-refractivity contribution >= 4 is 11.4 Å². The van der Waals surface area contributed by atoms with Gasteiger partial charge >= 0.3 is 5.69 Å². The number of nitro benzene ring substituents is 1. The molecule has 0 aliphatic heterocycles. The van der Waals surface area contributed by atoms with Crippen LogP contribution in [0.5, 0.6) is 11.5 Å². The first-order valence-electron chi connectivity index (χ1n) is 4.22. The van der Waals surface area contributed by atoms with Gasteiger partial charge in [0.25, 0.3) is 0 Å². The lowest BCUT2D eigenvalue weighted by atomic mass is 10.2. The largest absolute Gasteiger partial charge is 0.493 e. The molecule has 0 aliphatic rings. The Morgan fingerprint density at radius 3 is 2.40 bits per heavy atom. The lowest BCUT2D eigenvalue weighted by molar-refractivity contribution is -0.385. The smallest absolute Gasteiger partial charge is 0.316 e. The number of hydrogen-bond acceptors (Lipinski definition) is 5. The maximum Gasteiger partial charge on any atom is 0.316 e. The van der Waals surface area contributed by atoms with Gasteiger partial charge in [-0.15, -0.1) is 0 Å². The van der Waals surface area contributed by atoms with E-state index in [1.807, 2.05) is 0 Å². The number of methoxy groups -OCH3 is 2. The molecular formula is C9H12N2O4. The molecule has 0 aliphatic carbocycles. The van der Waals surface area contributed by atoms with Crippen molar-refractivity contribution in [3.05, 3.63) is 22.2 Å². The van der Waals surface area contributed by atoms with E-state index in [1.54, 1.807) is 13.1 Å². The molecular weight excluding hydrogens is 200 g/mol. The lowest BCUT2D eigenvalue weighted by Crippen LogP contribution is -1.99. The molecule has 0 saturated heterocycles. The second kappa shape index (κ2) is 4.50. The van der Waals surface area contributed by atoms with E-state index in [0.717, 1.165) is 0 Å². The van der Waals surface area contributed by atoms with Crippen molar-refractivity contribution < 1.29 is 14.4 Å². The van der Waals surface area contributed by atoms with Gasteiger partial charge in [0.2, 0.25) is 5.75 Å². The molecule has 0 bridgehead atoms. The molecule has 0 heterocycles. The highest BCUT2D eigenvalue weighted by Crippen LogP contribution is 2.39. The van der Waals surface area contributed by atoms with Gasteiger partial charge in [0.05, 0.1) is 19.1 Å². The van der Waals surface area contributed by atoms with E-state index >= 15 is 0 Å². The standard InChI is InChI=1S/C9H12N2O4/c1-10-6-4-7(11(12)13)9(15-3)8(5-6)14-2/h4-5,10H,1-3H3. The highest BCUT2D eigenvalue weighted by molar-refractivity contribution is 5.65. The van der Waals surface area contributed by atoms with Gasteiger partial charge < -0.3 is 14.8 Å². The quantitative estimate of drug-likeness (QED) is 0.606. The zero-order valence-corrected chi connectivity index (χ0v) is 8.73. The predicted molar refractivity (Wildman–Crippen MR) is 55.7 cm³/mol. The molecule has 0 fully saturated rings. The molecule has 0 unspecified atom stereocenters. The van der Waals surface area contributed by atoms with Crippen molar-refractivity contribution in [2.75, 3.05) is 26.6 Å². The van der Waals surface area contributed by atoms with Gasteiger partial charge in [-0.3, -0.25) is 10.1 Å². The Kier molecular flexibility index (Phi) is 3.33. The number of nitrogens with zero attached hydrogens (tertiary/aromatic N) is 1. The Morgan fingerprint density at radius 1 is 1.33 bits per heavy atom. The van der Waals surface area contributed by atoms with E-state index in [4.69, 9.17) is 9.47 Å². The molecule has 1 aromatic rings. The molecule has 0 radical (unpaired) electrons.